The largest absolute Gasteiger partial charge is 1.00 e. The molecule has 13 heteroatoms. The van der Waals surface area contributed by atoms with E-state index in [4.69, 9.17) is 10.5 Å². The molecule has 41 heavy (non-hydrogen) atoms. The van der Waals surface area contributed by atoms with Gasteiger partial charge in [-0.2, -0.15) is 10.2 Å². The van der Waals surface area contributed by atoms with Gasteiger partial charge in [-0.25, -0.2) is 8.42 Å². The van der Waals surface area contributed by atoms with E-state index in [-0.39, 0.29) is 40.6 Å². The van der Waals surface area contributed by atoms with Crippen molar-refractivity contribution in [3.05, 3.63) is 66.7 Å². The van der Waals surface area contributed by atoms with E-state index in [0.717, 1.165) is 24.8 Å². The molecule has 0 aliphatic heterocycles. The molecule has 0 aliphatic rings. The number of nitrogen functional groups attached to an aromatic ring is 1. The second kappa shape index (κ2) is 13.9. The Morgan fingerprint density at radius 3 is 2.17 bits per heavy atom. The summed E-state index contributed by atoms with van der Waals surface area (Å²) < 4.78 is 41.6. The number of phenols is 1. The van der Waals surface area contributed by atoms with E-state index in [1.165, 1.54) is 18.2 Å². The molecule has 0 bridgehead atoms. The third kappa shape index (κ3) is 7.60. The summed E-state index contributed by atoms with van der Waals surface area (Å²) in [7, 11) is -4.99. The van der Waals surface area contributed by atoms with Crippen molar-refractivity contribution in [2.24, 2.45) is 20.5 Å². The predicted octanol–water partition coefficient (Wildman–Crippen LogP) is 4.11. The number of hydrogen-bond acceptors (Lipinski definition) is 11. The summed E-state index contributed by atoms with van der Waals surface area (Å²) in [5.74, 6) is -0.228. The van der Waals surface area contributed by atoms with E-state index in [0.29, 0.717) is 34.8 Å². The average molecular weight is 585 g/mol. The number of aromatic hydroxyl groups is 1. The molecule has 0 saturated carbocycles. The van der Waals surface area contributed by atoms with Crippen LogP contribution in [0, 0.1) is 0 Å². The zero-order chi connectivity index (χ0) is 28.9. The zero-order valence-electron chi connectivity index (χ0n) is 23.3. The third-order valence-electron chi connectivity index (χ3n) is 6.11. The summed E-state index contributed by atoms with van der Waals surface area (Å²) >= 11 is 0. The summed E-state index contributed by atoms with van der Waals surface area (Å²) in [6.07, 6.45) is 0. The Morgan fingerprint density at radius 1 is 0.878 bits per heavy atom. The van der Waals surface area contributed by atoms with Crippen molar-refractivity contribution in [2.75, 3.05) is 30.3 Å². The molecule has 208 valence electrons. The molecule has 0 fully saturated rings. The minimum atomic E-state index is -4.99. The molecule has 0 spiro atoms. The first-order valence-electron chi connectivity index (χ1n) is 12.6. The Hall–Kier alpha value is -3.55. The molecule has 0 aliphatic carbocycles. The summed E-state index contributed by atoms with van der Waals surface area (Å²) in [5.41, 5.74) is 8.15. The Morgan fingerprint density at radius 2 is 1.54 bits per heavy atom. The number of ether oxygens (including phenoxy) is 1. The average Bonchev–Trinajstić information content (AvgIpc) is 2.93. The number of fused-ring (bicyclic) bond motifs is 1. The summed E-state index contributed by atoms with van der Waals surface area (Å²) in [6, 6.07) is 18.2. The van der Waals surface area contributed by atoms with Crippen LogP contribution in [0.5, 0.6) is 11.5 Å². The maximum absolute atomic E-state index is 12.0. The molecule has 0 unspecified atom stereocenters. The number of hydrogen-bond donors (Lipinski definition) is 2. The van der Waals surface area contributed by atoms with Gasteiger partial charge < -0.3 is 25.0 Å². The van der Waals surface area contributed by atoms with Crippen molar-refractivity contribution in [1.82, 2.24) is 0 Å². The second-order valence-corrected chi connectivity index (χ2v) is 10.0. The fourth-order valence-electron chi connectivity index (χ4n) is 4.10. The number of rotatable bonds is 10. The van der Waals surface area contributed by atoms with Crippen LogP contribution in [-0.2, 0) is 10.1 Å². The molecule has 0 atom stereocenters. The first-order chi connectivity index (χ1) is 19.1. The standard InChI is InChI=1S/C28H30N6O5S.Na/c1-4-34(5-2)22-12-9-20(10-13-22)30-31-21-11-14-24(25(17-21)39-6-3)32-33-27-26(40(36,37)38)15-18-7-8-19(29)16-23(18)28(27)35;/h7-17,35H,4-6,29H2,1-3H3,(H,36,37,38);/q;+1/p-1. The predicted molar refractivity (Wildman–Crippen MR) is 154 cm³/mol. The molecule has 0 saturated heterocycles. The topological polar surface area (TPSA) is 165 Å². The molecule has 0 radical (unpaired) electrons. The van der Waals surface area contributed by atoms with Crippen molar-refractivity contribution >= 4 is 55.0 Å². The summed E-state index contributed by atoms with van der Waals surface area (Å²) in [6.45, 7) is 8.10. The maximum atomic E-state index is 12.0. The summed E-state index contributed by atoms with van der Waals surface area (Å²) in [4.78, 5) is 1.52. The van der Waals surface area contributed by atoms with Crippen molar-refractivity contribution in [3.8, 4) is 11.5 Å². The van der Waals surface area contributed by atoms with E-state index in [1.807, 2.05) is 24.3 Å². The minimum Gasteiger partial charge on any atom is -0.744 e. The Bertz CT molecular complexity index is 1690. The first kappa shape index (κ1) is 32.0. The zero-order valence-corrected chi connectivity index (χ0v) is 26.1. The van der Waals surface area contributed by atoms with Gasteiger partial charge in [0.2, 0.25) is 0 Å². The van der Waals surface area contributed by atoms with E-state index in [1.54, 1.807) is 25.1 Å². The van der Waals surface area contributed by atoms with Crippen LogP contribution in [0.1, 0.15) is 20.8 Å². The number of azo groups is 2. The van der Waals surface area contributed by atoms with Crippen LogP contribution in [0.3, 0.4) is 0 Å². The van der Waals surface area contributed by atoms with Crippen LogP contribution < -0.4 is 44.9 Å². The SMILES string of the molecule is CCOc1cc(N=Nc2ccc(N(CC)CC)cc2)ccc1N=Nc1c(S(=O)(=O)[O-])cc2ccc(N)cc2c1O.[Na+]. The maximum Gasteiger partial charge on any atom is 1.00 e. The number of nitrogens with zero attached hydrogens (tertiary/aromatic N) is 5. The van der Waals surface area contributed by atoms with Crippen LogP contribution in [0.4, 0.5) is 34.1 Å². The number of benzene rings is 4. The molecule has 0 aromatic heterocycles. The van der Waals surface area contributed by atoms with Crippen molar-refractivity contribution < 1.29 is 52.4 Å². The van der Waals surface area contributed by atoms with Gasteiger partial charge in [-0.3, -0.25) is 0 Å². The minimum absolute atomic E-state index is 0. The van der Waals surface area contributed by atoms with Gasteiger partial charge >= 0.3 is 29.6 Å². The van der Waals surface area contributed by atoms with Gasteiger partial charge in [0.1, 0.15) is 27.2 Å². The molecular weight excluding hydrogens is 555 g/mol. The second-order valence-electron chi connectivity index (χ2n) is 8.68. The van der Waals surface area contributed by atoms with Gasteiger partial charge in [0, 0.05) is 35.9 Å². The smallest absolute Gasteiger partial charge is 0.744 e. The third-order valence-corrected chi connectivity index (χ3v) is 6.96. The molecule has 11 nitrogen and oxygen atoms in total. The summed E-state index contributed by atoms with van der Waals surface area (Å²) in [5, 5.41) is 27.9. The van der Waals surface area contributed by atoms with Crippen molar-refractivity contribution in [2.45, 2.75) is 25.7 Å². The van der Waals surface area contributed by atoms with Crippen LogP contribution in [0.2, 0.25) is 0 Å². The normalized spacial score (nSPS) is 11.7. The fourth-order valence-corrected chi connectivity index (χ4v) is 4.75. The fraction of sp³-hybridized carbons (Fsp3) is 0.214. The first-order valence-corrected chi connectivity index (χ1v) is 14.0. The molecule has 4 aromatic rings. The van der Waals surface area contributed by atoms with Gasteiger partial charge in [-0.1, -0.05) is 6.07 Å². The van der Waals surface area contributed by atoms with Crippen molar-refractivity contribution in [1.29, 1.82) is 0 Å². The van der Waals surface area contributed by atoms with Gasteiger partial charge in [-0.05, 0) is 80.8 Å². The molecule has 0 heterocycles. The monoisotopic (exact) mass is 584 g/mol. The van der Waals surface area contributed by atoms with Gasteiger partial charge in [0.05, 0.1) is 22.9 Å². The molecule has 3 N–H and O–H groups in total. The van der Waals surface area contributed by atoms with Crippen LogP contribution in [0.15, 0.2) is 92.1 Å². The van der Waals surface area contributed by atoms with Gasteiger partial charge in [0.15, 0.2) is 5.75 Å². The van der Waals surface area contributed by atoms with Gasteiger partial charge in [0.25, 0.3) is 0 Å². The van der Waals surface area contributed by atoms with Crippen molar-refractivity contribution in [3.63, 3.8) is 0 Å². The Kier molecular flexibility index (Phi) is 10.8. The molecular formula is C28H29N6NaO5S. The Labute approximate surface area is 260 Å². The molecule has 0 amide bonds. The van der Waals surface area contributed by atoms with Crippen LogP contribution in [0.25, 0.3) is 10.8 Å². The number of nitrogens with two attached hydrogens (primary N) is 1. The number of phenolic OH excluding ortho intramolecular Hbond substituents is 1. The van der Waals surface area contributed by atoms with Gasteiger partial charge in [-0.15, -0.1) is 10.2 Å². The molecule has 4 aromatic carbocycles. The van der Waals surface area contributed by atoms with E-state index < -0.39 is 26.5 Å². The van der Waals surface area contributed by atoms with E-state index in [9.17, 15) is 18.1 Å². The van der Waals surface area contributed by atoms with Crippen LogP contribution in [-0.4, -0.2) is 37.8 Å². The van der Waals surface area contributed by atoms with Crippen LogP contribution >= 0.6 is 0 Å². The number of anilines is 2. The van der Waals surface area contributed by atoms with E-state index in [2.05, 4.69) is 39.2 Å². The van der Waals surface area contributed by atoms with E-state index >= 15 is 0 Å². The quantitative estimate of drug-likeness (QED) is 0.122. The Balaban J connectivity index is 0.00000462. The molecule has 4 rings (SSSR count).